The van der Waals surface area contributed by atoms with Gasteiger partial charge in [-0.15, -0.1) is 6.42 Å². The van der Waals surface area contributed by atoms with Crippen LogP contribution in [-0.4, -0.2) is 30.1 Å². The van der Waals surface area contributed by atoms with Gasteiger partial charge in [-0.2, -0.15) is 0 Å². The van der Waals surface area contributed by atoms with E-state index < -0.39 is 0 Å². The molecule has 0 spiro atoms. The molecule has 0 atom stereocenters. The molecule has 134 valence electrons. The number of benzene rings is 2. The van der Waals surface area contributed by atoms with Crippen LogP contribution in [0.2, 0.25) is 0 Å². The molecule has 1 fully saturated rings. The maximum Gasteiger partial charge on any atom is 0.321 e. The van der Waals surface area contributed by atoms with Crippen LogP contribution in [-0.2, 0) is 11.3 Å². The third kappa shape index (κ3) is 4.62. The summed E-state index contributed by atoms with van der Waals surface area (Å²) in [5, 5.41) is 2.87. The van der Waals surface area contributed by atoms with Gasteiger partial charge < -0.3 is 15.0 Å². The van der Waals surface area contributed by atoms with Gasteiger partial charge in [-0.1, -0.05) is 30.2 Å². The largest absolute Gasteiger partial charge is 0.373 e. The van der Waals surface area contributed by atoms with Crippen LogP contribution in [0.15, 0.2) is 48.5 Å². The Bertz CT molecular complexity index is 808. The lowest BCUT2D eigenvalue weighted by Crippen LogP contribution is -2.43. The zero-order chi connectivity index (χ0) is 18.4. The van der Waals surface area contributed by atoms with Crippen molar-refractivity contribution in [2.45, 2.75) is 25.6 Å². The summed E-state index contributed by atoms with van der Waals surface area (Å²) in [4.78, 5) is 14.1. The second-order valence-corrected chi connectivity index (χ2v) is 6.24. The van der Waals surface area contributed by atoms with E-state index in [9.17, 15) is 9.18 Å². The number of carbonyl (C=O) groups excluding carboxylic acids is 1. The average molecular weight is 352 g/mol. The first kappa shape index (κ1) is 18.0. The summed E-state index contributed by atoms with van der Waals surface area (Å²) in [6.45, 7) is 1.45. The first-order valence-corrected chi connectivity index (χ1v) is 8.63. The van der Waals surface area contributed by atoms with E-state index in [1.807, 2.05) is 18.2 Å². The lowest BCUT2D eigenvalue weighted by atomic mass is 10.1. The van der Waals surface area contributed by atoms with E-state index in [4.69, 9.17) is 11.2 Å². The molecule has 0 aromatic heterocycles. The summed E-state index contributed by atoms with van der Waals surface area (Å²) < 4.78 is 19.4. The van der Waals surface area contributed by atoms with Crippen LogP contribution in [0.1, 0.15) is 24.0 Å². The van der Waals surface area contributed by atoms with Crippen molar-refractivity contribution < 1.29 is 13.9 Å². The fourth-order valence-electron chi connectivity index (χ4n) is 2.94. The minimum Gasteiger partial charge on any atom is -0.373 e. The van der Waals surface area contributed by atoms with Crippen LogP contribution in [0.3, 0.4) is 0 Å². The van der Waals surface area contributed by atoms with Gasteiger partial charge in [-0.05, 0) is 37.1 Å². The number of amides is 2. The minimum absolute atomic E-state index is 0.0309. The Kier molecular flexibility index (Phi) is 5.88. The van der Waals surface area contributed by atoms with E-state index in [0.29, 0.717) is 24.3 Å². The van der Waals surface area contributed by atoms with Crippen molar-refractivity contribution in [1.29, 1.82) is 0 Å². The zero-order valence-corrected chi connectivity index (χ0v) is 14.5. The number of carbonyl (C=O) groups is 1. The number of likely N-dealkylation sites (tertiary alicyclic amines) is 1. The van der Waals surface area contributed by atoms with Crippen LogP contribution in [0.4, 0.5) is 14.9 Å². The van der Waals surface area contributed by atoms with Crippen molar-refractivity contribution in [3.63, 3.8) is 0 Å². The molecule has 1 N–H and O–H groups in total. The number of rotatable bonds is 4. The Labute approximate surface area is 153 Å². The third-order valence-corrected chi connectivity index (χ3v) is 4.44. The number of anilines is 1. The first-order chi connectivity index (χ1) is 12.7. The Morgan fingerprint density at radius 3 is 2.73 bits per heavy atom. The molecule has 1 aliphatic heterocycles. The maximum atomic E-state index is 13.6. The summed E-state index contributed by atoms with van der Waals surface area (Å²) in [6, 6.07) is 13.7. The second kappa shape index (κ2) is 8.50. The van der Waals surface area contributed by atoms with Gasteiger partial charge in [-0.3, -0.25) is 0 Å². The highest BCUT2D eigenvalue weighted by molar-refractivity contribution is 5.89. The smallest absolute Gasteiger partial charge is 0.321 e. The molecule has 4 nitrogen and oxygen atoms in total. The Balaban J connectivity index is 1.46. The standard InChI is InChI=1S/C21H21FN2O2/c1-2-16-6-5-8-18(14-16)23-21(25)24-12-10-19(11-13-24)26-15-17-7-3-4-9-20(17)22/h1,3-9,14,19H,10-13,15H2,(H,23,25). The Morgan fingerprint density at radius 2 is 2.00 bits per heavy atom. The number of ether oxygens (including phenoxy) is 1. The van der Waals surface area contributed by atoms with Crippen LogP contribution >= 0.6 is 0 Å². The molecule has 3 rings (SSSR count). The van der Waals surface area contributed by atoms with Gasteiger partial charge in [0.05, 0.1) is 12.7 Å². The summed E-state index contributed by atoms with van der Waals surface area (Å²) in [7, 11) is 0. The van der Waals surface area contributed by atoms with Gasteiger partial charge in [0, 0.05) is 29.9 Å². The summed E-state index contributed by atoms with van der Waals surface area (Å²) in [5.74, 6) is 2.30. The number of terminal acetylenes is 1. The number of nitrogens with zero attached hydrogens (tertiary/aromatic N) is 1. The van der Waals surface area contributed by atoms with E-state index in [1.54, 1.807) is 29.2 Å². The normalized spacial score (nSPS) is 14.7. The monoisotopic (exact) mass is 352 g/mol. The van der Waals surface area contributed by atoms with Crippen molar-refractivity contribution in [3.8, 4) is 12.3 Å². The van der Waals surface area contributed by atoms with E-state index in [-0.39, 0.29) is 24.6 Å². The third-order valence-electron chi connectivity index (χ3n) is 4.44. The van der Waals surface area contributed by atoms with Crippen LogP contribution in [0.5, 0.6) is 0 Å². The molecule has 0 radical (unpaired) electrons. The van der Waals surface area contributed by atoms with Gasteiger partial charge in [0.1, 0.15) is 5.82 Å². The van der Waals surface area contributed by atoms with Crippen molar-refractivity contribution >= 4 is 11.7 Å². The van der Waals surface area contributed by atoms with Crippen LogP contribution in [0, 0.1) is 18.2 Å². The predicted octanol–water partition coefficient (Wildman–Crippen LogP) is 4.02. The van der Waals surface area contributed by atoms with Gasteiger partial charge >= 0.3 is 6.03 Å². The van der Waals surface area contributed by atoms with E-state index in [1.165, 1.54) is 6.07 Å². The van der Waals surface area contributed by atoms with Crippen molar-refractivity contribution in [2.24, 2.45) is 0 Å². The summed E-state index contributed by atoms with van der Waals surface area (Å²) in [6.07, 6.45) is 6.86. The van der Waals surface area contributed by atoms with Gasteiger partial charge in [-0.25, -0.2) is 9.18 Å². The van der Waals surface area contributed by atoms with Gasteiger partial charge in [0.25, 0.3) is 0 Å². The first-order valence-electron chi connectivity index (χ1n) is 8.63. The number of urea groups is 1. The van der Waals surface area contributed by atoms with Crippen LogP contribution in [0.25, 0.3) is 0 Å². The van der Waals surface area contributed by atoms with E-state index in [0.717, 1.165) is 18.4 Å². The average Bonchev–Trinajstić information content (AvgIpc) is 2.68. The highest BCUT2D eigenvalue weighted by Gasteiger charge is 2.23. The molecular weight excluding hydrogens is 331 g/mol. The van der Waals surface area contributed by atoms with E-state index >= 15 is 0 Å². The lowest BCUT2D eigenvalue weighted by Gasteiger charge is -2.32. The van der Waals surface area contributed by atoms with E-state index in [2.05, 4.69) is 11.2 Å². The minimum atomic E-state index is -0.251. The highest BCUT2D eigenvalue weighted by Crippen LogP contribution is 2.18. The molecule has 0 aliphatic carbocycles. The van der Waals surface area contributed by atoms with Crippen molar-refractivity contribution in [1.82, 2.24) is 4.90 Å². The molecule has 5 heteroatoms. The molecule has 1 aliphatic rings. The zero-order valence-electron chi connectivity index (χ0n) is 14.5. The second-order valence-electron chi connectivity index (χ2n) is 6.24. The number of halogens is 1. The Morgan fingerprint density at radius 1 is 1.23 bits per heavy atom. The molecule has 2 amide bonds. The van der Waals surface area contributed by atoms with Gasteiger partial charge in [0.2, 0.25) is 0 Å². The van der Waals surface area contributed by atoms with Crippen molar-refractivity contribution in [2.75, 3.05) is 18.4 Å². The lowest BCUT2D eigenvalue weighted by molar-refractivity contribution is 0.00430. The molecule has 2 aromatic carbocycles. The molecule has 2 aromatic rings. The topological polar surface area (TPSA) is 41.6 Å². The summed E-state index contributed by atoms with van der Waals surface area (Å²) >= 11 is 0. The number of hydrogen-bond donors (Lipinski definition) is 1. The molecular formula is C21H21FN2O2. The van der Waals surface area contributed by atoms with Gasteiger partial charge in [0.15, 0.2) is 0 Å². The fraction of sp³-hybridized carbons (Fsp3) is 0.286. The van der Waals surface area contributed by atoms with Crippen LogP contribution < -0.4 is 5.32 Å². The number of piperidine rings is 1. The SMILES string of the molecule is C#Cc1cccc(NC(=O)N2CCC(OCc3ccccc3F)CC2)c1. The molecule has 1 saturated heterocycles. The maximum absolute atomic E-state index is 13.6. The Hall–Kier alpha value is -2.84. The number of hydrogen-bond acceptors (Lipinski definition) is 2. The van der Waals surface area contributed by atoms with Crippen molar-refractivity contribution in [3.05, 3.63) is 65.5 Å². The highest BCUT2D eigenvalue weighted by atomic mass is 19.1. The molecule has 0 unspecified atom stereocenters. The quantitative estimate of drug-likeness (QED) is 0.845. The molecule has 0 bridgehead atoms. The molecule has 26 heavy (non-hydrogen) atoms. The fourth-order valence-corrected chi connectivity index (χ4v) is 2.94. The number of nitrogens with one attached hydrogen (secondary N) is 1. The summed E-state index contributed by atoms with van der Waals surface area (Å²) in [5.41, 5.74) is 1.97. The molecule has 1 heterocycles. The molecule has 0 saturated carbocycles. The predicted molar refractivity (Wildman–Crippen MR) is 99.2 cm³/mol.